The van der Waals surface area contributed by atoms with Crippen molar-refractivity contribution in [1.29, 1.82) is 0 Å². The van der Waals surface area contributed by atoms with E-state index in [1.807, 2.05) is 4.90 Å². The summed E-state index contributed by atoms with van der Waals surface area (Å²) in [7, 11) is 0. The number of hydrogen-bond donors (Lipinski definition) is 1. The summed E-state index contributed by atoms with van der Waals surface area (Å²) in [6, 6.07) is 4.97. The minimum atomic E-state index is -2.59. The number of alkyl halides is 2. The normalized spacial score (nSPS) is 17.1. The van der Waals surface area contributed by atoms with Crippen molar-refractivity contribution in [2.75, 3.05) is 36.9 Å². The fraction of sp³-hybridized carbons (Fsp3) is 0.533. The quantitative estimate of drug-likeness (QED) is 0.668. The first-order valence-corrected chi connectivity index (χ1v) is 7.22. The van der Waals surface area contributed by atoms with E-state index in [2.05, 4.69) is 0 Å². The highest BCUT2D eigenvalue weighted by molar-refractivity contribution is 5.72. The number of ether oxygens (including phenoxy) is 2. The minimum Gasteiger partial charge on any atom is -0.482 e. The minimum absolute atomic E-state index is 0.173. The maximum absolute atomic E-state index is 13.2. The lowest BCUT2D eigenvalue weighted by Crippen LogP contribution is -2.39. The summed E-state index contributed by atoms with van der Waals surface area (Å²) in [5, 5.41) is 0. The standard InChI is InChI=1S/C15H20F2N2O3/c1-2-21-14(20)10-22-11-3-4-13(12(18)9-11)19-7-5-15(16,17)6-8-19/h3-4,9H,2,5-8,10,18H2,1H3. The van der Waals surface area contributed by atoms with Gasteiger partial charge in [0.15, 0.2) is 6.61 Å². The SMILES string of the molecule is CCOC(=O)COc1ccc(N2CCC(F)(F)CC2)c(N)c1. The first-order chi connectivity index (χ1) is 10.4. The molecular weight excluding hydrogens is 294 g/mol. The third-order valence-electron chi connectivity index (χ3n) is 3.50. The lowest BCUT2D eigenvalue weighted by Gasteiger charge is -2.34. The van der Waals surface area contributed by atoms with Gasteiger partial charge in [0, 0.05) is 32.0 Å². The molecule has 0 aromatic heterocycles. The van der Waals surface area contributed by atoms with Crippen LogP contribution in [-0.2, 0) is 9.53 Å². The van der Waals surface area contributed by atoms with Gasteiger partial charge in [0.25, 0.3) is 5.92 Å². The molecule has 0 unspecified atom stereocenters. The van der Waals surface area contributed by atoms with Crippen molar-refractivity contribution < 1.29 is 23.0 Å². The lowest BCUT2D eigenvalue weighted by molar-refractivity contribution is -0.145. The van der Waals surface area contributed by atoms with E-state index in [1.165, 1.54) is 0 Å². The molecule has 0 saturated carbocycles. The maximum atomic E-state index is 13.2. The number of hydrogen-bond acceptors (Lipinski definition) is 5. The van der Waals surface area contributed by atoms with Crippen LogP contribution in [0, 0.1) is 0 Å². The number of nitrogens with zero attached hydrogens (tertiary/aromatic N) is 1. The number of nitrogens with two attached hydrogens (primary N) is 1. The topological polar surface area (TPSA) is 64.8 Å². The summed E-state index contributed by atoms with van der Waals surface area (Å²) in [5.74, 6) is -2.60. The molecule has 1 aliphatic heterocycles. The van der Waals surface area contributed by atoms with E-state index in [4.69, 9.17) is 15.2 Å². The number of benzene rings is 1. The van der Waals surface area contributed by atoms with Crippen LogP contribution in [0.25, 0.3) is 0 Å². The molecule has 0 aliphatic carbocycles. The Hall–Kier alpha value is -2.05. The van der Waals surface area contributed by atoms with Crippen LogP contribution < -0.4 is 15.4 Å². The molecule has 0 bridgehead atoms. The summed E-state index contributed by atoms with van der Waals surface area (Å²) in [5.41, 5.74) is 7.10. The lowest BCUT2D eigenvalue weighted by atomic mass is 10.1. The van der Waals surface area contributed by atoms with E-state index in [-0.39, 0.29) is 32.5 Å². The van der Waals surface area contributed by atoms with E-state index < -0.39 is 11.9 Å². The first-order valence-electron chi connectivity index (χ1n) is 7.22. The monoisotopic (exact) mass is 314 g/mol. The predicted molar refractivity (Wildman–Crippen MR) is 79.4 cm³/mol. The summed E-state index contributed by atoms with van der Waals surface area (Å²) < 4.78 is 36.4. The number of anilines is 2. The van der Waals surface area contributed by atoms with Crippen LogP contribution in [0.2, 0.25) is 0 Å². The van der Waals surface area contributed by atoms with Crippen molar-refractivity contribution in [1.82, 2.24) is 0 Å². The average Bonchev–Trinajstić information content (AvgIpc) is 2.46. The molecule has 122 valence electrons. The van der Waals surface area contributed by atoms with Crippen molar-refractivity contribution in [3.8, 4) is 5.75 Å². The number of esters is 1. The molecule has 1 aliphatic rings. The highest BCUT2D eigenvalue weighted by Crippen LogP contribution is 2.34. The number of halogens is 2. The van der Waals surface area contributed by atoms with Gasteiger partial charge in [0.2, 0.25) is 0 Å². The Morgan fingerprint density at radius 1 is 1.36 bits per heavy atom. The number of nitrogen functional groups attached to an aromatic ring is 1. The summed E-state index contributed by atoms with van der Waals surface area (Å²) >= 11 is 0. The van der Waals surface area contributed by atoms with Gasteiger partial charge < -0.3 is 20.1 Å². The first kappa shape index (κ1) is 16.3. The summed E-state index contributed by atoms with van der Waals surface area (Å²) in [4.78, 5) is 13.1. The largest absolute Gasteiger partial charge is 0.482 e. The molecule has 5 nitrogen and oxygen atoms in total. The number of rotatable bonds is 5. The van der Waals surface area contributed by atoms with E-state index in [0.29, 0.717) is 23.7 Å². The molecule has 1 saturated heterocycles. The fourth-order valence-corrected chi connectivity index (χ4v) is 2.33. The third kappa shape index (κ3) is 4.22. The second-order valence-corrected chi connectivity index (χ2v) is 5.16. The van der Waals surface area contributed by atoms with E-state index in [9.17, 15) is 13.6 Å². The number of carbonyl (C=O) groups excluding carboxylic acids is 1. The molecular formula is C15H20F2N2O3. The van der Waals surface area contributed by atoms with Crippen LogP contribution in [-0.4, -0.2) is 38.2 Å². The molecule has 0 amide bonds. The number of carbonyl (C=O) groups is 1. The Morgan fingerprint density at radius 3 is 2.64 bits per heavy atom. The molecule has 1 aromatic carbocycles. The van der Waals surface area contributed by atoms with E-state index in [1.54, 1.807) is 25.1 Å². The Balaban J connectivity index is 1.96. The van der Waals surface area contributed by atoms with Crippen LogP contribution >= 0.6 is 0 Å². The smallest absolute Gasteiger partial charge is 0.344 e. The third-order valence-corrected chi connectivity index (χ3v) is 3.50. The van der Waals surface area contributed by atoms with Crippen LogP contribution in [0.15, 0.2) is 18.2 Å². The Morgan fingerprint density at radius 2 is 2.05 bits per heavy atom. The Bertz CT molecular complexity index is 528. The molecule has 1 aromatic rings. The van der Waals surface area contributed by atoms with Gasteiger partial charge in [-0.15, -0.1) is 0 Å². The van der Waals surface area contributed by atoms with E-state index >= 15 is 0 Å². The molecule has 7 heteroatoms. The molecule has 0 atom stereocenters. The van der Waals surface area contributed by atoms with Crippen LogP contribution in [0.3, 0.4) is 0 Å². The van der Waals surface area contributed by atoms with Gasteiger partial charge in [0.1, 0.15) is 5.75 Å². The molecule has 22 heavy (non-hydrogen) atoms. The van der Waals surface area contributed by atoms with Crippen LogP contribution in [0.5, 0.6) is 5.75 Å². The average molecular weight is 314 g/mol. The van der Waals surface area contributed by atoms with Gasteiger partial charge in [0.05, 0.1) is 18.0 Å². The highest BCUT2D eigenvalue weighted by Gasteiger charge is 2.34. The molecule has 2 N–H and O–H groups in total. The molecule has 0 radical (unpaired) electrons. The van der Waals surface area contributed by atoms with Gasteiger partial charge in [-0.05, 0) is 19.1 Å². The Labute approximate surface area is 128 Å². The fourth-order valence-electron chi connectivity index (χ4n) is 2.33. The van der Waals surface area contributed by atoms with Crippen molar-refractivity contribution in [3.05, 3.63) is 18.2 Å². The molecule has 1 fully saturated rings. The van der Waals surface area contributed by atoms with Crippen LogP contribution in [0.4, 0.5) is 20.2 Å². The zero-order chi connectivity index (χ0) is 16.2. The second kappa shape index (κ2) is 6.81. The van der Waals surface area contributed by atoms with Crippen molar-refractivity contribution >= 4 is 17.3 Å². The molecule has 2 rings (SSSR count). The maximum Gasteiger partial charge on any atom is 0.344 e. The predicted octanol–water partition coefficient (Wildman–Crippen LogP) is 2.45. The van der Waals surface area contributed by atoms with Gasteiger partial charge >= 0.3 is 5.97 Å². The van der Waals surface area contributed by atoms with Gasteiger partial charge in [-0.3, -0.25) is 0 Å². The highest BCUT2D eigenvalue weighted by atomic mass is 19.3. The van der Waals surface area contributed by atoms with Crippen molar-refractivity contribution in [2.45, 2.75) is 25.7 Å². The zero-order valence-corrected chi connectivity index (χ0v) is 12.5. The van der Waals surface area contributed by atoms with E-state index in [0.717, 1.165) is 0 Å². The molecule has 0 spiro atoms. The van der Waals surface area contributed by atoms with Crippen LogP contribution in [0.1, 0.15) is 19.8 Å². The van der Waals surface area contributed by atoms with Gasteiger partial charge in [-0.25, -0.2) is 13.6 Å². The Kier molecular flexibility index (Phi) is 5.05. The number of piperidine rings is 1. The molecule has 1 heterocycles. The second-order valence-electron chi connectivity index (χ2n) is 5.16. The van der Waals surface area contributed by atoms with Crippen molar-refractivity contribution in [3.63, 3.8) is 0 Å². The zero-order valence-electron chi connectivity index (χ0n) is 12.5. The van der Waals surface area contributed by atoms with Gasteiger partial charge in [-0.1, -0.05) is 0 Å². The summed E-state index contributed by atoms with van der Waals surface area (Å²) in [6.07, 6.45) is -0.346. The summed E-state index contributed by atoms with van der Waals surface area (Å²) in [6.45, 7) is 2.35. The van der Waals surface area contributed by atoms with Gasteiger partial charge in [-0.2, -0.15) is 0 Å². The van der Waals surface area contributed by atoms with Crippen molar-refractivity contribution in [2.24, 2.45) is 0 Å².